The van der Waals surface area contributed by atoms with Crippen LogP contribution >= 0.6 is 27.7 Å². The van der Waals surface area contributed by atoms with Gasteiger partial charge in [-0.2, -0.15) is 0 Å². The number of halogens is 1. The summed E-state index contributed by atoms with van der Waals surface area (Å²) in [7, 11) is 0. The molecule has 0 saturated carbocycles. The maximum Gasteiger partial charge on any atom is 0.326 e. The van der Waals surface area contributed by atoms with Gasteiger partial charge in [0.05, 0.1) is 11.0 Å². The van der Waals surface area contributed by atoms with Crippen molar-refractivity contribution in [1.82, 2.24) is 4.90 Å². The predicted octanol–water partition coefficient (Wildman–Crippen LogP) is 3.83. The van der Waals surface area contributed by atoms with Crippen molar-refractivity contribution in [3.8, 4) is 0 Å². The van der Waals surface area contributed by atoms with E-state index in [1.165, 1.54) is 0 Å². The zero-order valence-corrected chi connectivity index (χ0v) is 15.1. The quantitative estimate of drug-likeness (QED) is 0.557. The van der Waals surface area contributed by atoms with Gasteiger partial charge in [-0.25, -0.2) is 0 Å². The summed E-state index contributed by atoms with van der Waals surface area (Å²) in [5.41, 5.74) is 0.806. The number of nitrogens with zero attached hydrogens (tertiary/aromatic N) is 1. The number of imide groups is 1. The lowest BCUT2D eigenvalue weighted by Gasteiger charge is -2.14. The molecule has 0 radical (unpaired) electrons. The number of hydrogen-bond donors (Lipinski definition) is 0. The minimum Gasteiger partial charge on any atom is -0.461 e. The summed E-state index contributed by atoms with van der Waals surface area (Å²) in [6.45, 7) is 3.30. The second-order valence-corrected chi connectivity index (χ2v) is 6.94. The number of rotatable bonds is 5. The molecule has 1 aliphatic rings. The molecule has 1 aliphatic heterocycles. The second-order valence-electron chi connectivity index (χ2n) is 5.03. The van der Waals surface area contributed by atoms with E-state index in [0.717, 1.165) is 26.7 Å². The van der Waals surface area contributed by atoms with E-state index in [4.69, 9.17) is 4.74 Å². The van der Waals surface area contributed by atoms with E-state index in [9.17, 15) is 14.4 Å². The Bertz CT molecular complexity index is 657. The van der Waals surface area contributed by atoms with Crippen LogP contribution in [-0.4, -0.2) is 34.7 Å². The van der Waals surface area contributed by atoms with Gasteiger partial charge in [0.1, 0.15) is 6.54 Å². The maximum absolute atomic E-state index is 12.3. The van der Waals surface area contributed by atoms with Crippen LogP contribution in [0.5, 0.6) is 0 Å². The third-order valence-corrected chi connectivity index (χ3v) is 4.67. The first-order chi connectivity index (χ1) is 10.9. The van der Waals surface area contributed by atoms with Crippen LogP contribution in [-0.2, 0) is 14.3 Å². The molecule has 0 N–H and O–H groups in total. The fraction of sp³-hybridized carbons (Fsp3) is 0.312. The van der Waals surface area contributed by atoms with Crippen molar-refractivity contribution in [2.45, 2.75) is 26.4 Å². The van der Waals surface area contributed by atoms with E-state index < -0.39 is 17.1 Å². The first-order valence-corrected chi connectivity index (χ1v) is 8.72. The van der Waals surface area contributed by atoms with E-state index in [-0.39, 0.29) is 12.6 Å². The first-order valence-electron chi connectivity index (χ1n) is 7.11. The molecule has 23 heavy (non-hydrogen) atoms. The molecule has 1 atom stereocenters. The van der Waals surface area contributed by atoms with Gasteiger partial charge >= 0.3 is 5.97 Å². The molecule has 1 saturated heterocycles. The van der Waals surface area contributed by atoms with E-state index in [0.29, 0.717) is 11.3 Å². The van der Waals surface area contributed by atoms with E-state index in [1.807, 2.05) is 31.2 Å². The highest BCUT2D eigenvalue weighted by Crippen LogP contribution is 2.32. The fourth-order valence-corrected chi connectivity index (χ4v) is 2.92. The third-order valence-electron chi connectivity index (χ3n) is 3.24. The molecule has 0 spiro atoms. The number of thioether (sulfide) groups is 1. The van der Waals surface area contributed by atoms with Crippen LogP contribution in [0.2, 0.25) is 0 Å². The summed E-state index contributed by atoms with van der Waals surface area (Å²) in [6.07, 6.45) is 2.08. The van der Waals surface area contributed by atoms with Crippen molar-refractivity contribution in [2.24, 2.45) is 0 Å². The molecule has 1 fully saturated rings. The summed E-state index contributed by atoms with van der Waals surface area (Å²) < 4.78 is 6.03. The normalized spacial score (nSPS) is 17.7. The molecule has 0 aliphatic carbocycles. The van der Waals surface area contributed by atoms with Crippen LogP contribution in [0.25, 0.3) is 6.08 Å². The lowest BCUT2D eigenvalue weighted by atomic mass is 10.2. The van der Waals surface area contributed by atoms with E-state index in [2.05, 4.69) is 15.9 Å². The van der Waals surface area contributed by atoms with Crippen LogP contribution in [0, 0.1) is 0 Å². The van der Waals surface area contributed by atoms with Crippen molar-refractivity contribution >= 4 is 50.9 Å². The molecule has 1 aromatic rings. The minimum absolute atomic E-state index is 0.235. The molecule has 5 nitrogen and oxygen atoms in total. The summed E-state index contributed by atoms with van der Waals surface area (Å²) in [5.74, 6) is -1.05. The van der Waals surface area contributed by atoms with Crippen molar-refractivity contribution in [3.05, 3.63) is 39.2 Å². The SMILES string of the molecule is CC[C@@H](C)OC(=O)CN1C(=O)S/C(=C/c2ccc(Br)cc2)C1=O. The molecule has 1 aromatic carbocycles. The Morgan fingerprint density at radius 3 is 2.61 bits per heavy atom. The van der Waals surface area contributed by atoms with Gasteiger partial charge in [-0.05, 0) is 48.9 Å². The van der Waals surface area contributed by atoms with E-state index in [1.54, 1.807) is 13.0 Å². The number of amides is 2. The lowest BCUT2D eigenvalue weighted by Crippen LogP contribution is -2.35. The molecule has 0 aromatic heterocycles. The van der Waals surface area contributed by atoms with Crippen LogP contribution in [0.15, 0.2) is 33.6 Å². The number of hydrogen-bond acceptors (Lipinski definition) is 5. The Hall–Kier alpha value is -1.60. The largest absolute Gasteiger partial charge is 0.461 e. The molecular formula is C16H16BrNO4S. The van der Waals surface area contributed by atoms with Gasteiger partial charge in [0.25, 0.3) is 11.1 Å². The van der Waals surface area contributed by atoms with Crippen LogP contribution in [0.1, 0.15) is 25.8 Å². The number of benzene rings is 1. The smallest absolute Gasteiger partial charge is 0.326 e. The average Bonchev–Trinajstić information content (AvgIpc) is 2.77. The number of esters is 1. The number of carbonyl (C=O) groups is 3. The molecule has 122 valence electrons. The van der Waals surface area contributed by atoms with Gasteiger partial charge in [0, 0.05) is 4.47 Å². The summed E-state index contributed by atoms with van der Waals surface area (Å²) in [4.78, 5) is 37.2. The van der Waals surface area contributed by atoms with E-state index >= 15 is 0 Å². The molecule has 0 bridgehead atoms. The van der Waals surface area contributed by atoms with Gasteiger partial charge in [0.15, 0.2) is 0 Å². The molecule has 1 heterocycles. The maximum atomic E-state index is 12.3. The van der Waals surface area contributed by atoms with Crippen molar-refractivity contribution < 1.29 is 19.1 Å². The van der Waals surface area contributed by atoms with Crippen molar-refractivity contribution in [2.75, 3.05) is 6.54 Å². The van der Waals surface area contributed by atoms with Gasteiger partial charge in [-0.15, -0.1) is 0 Å². The summed E-state index contributed by atoms with van der Waals surface area (Å²) in [5, 5.41) is -0.459. The number of carbonyl (C=O) groups excluding carboxylic acids is 3. The van der Waals surface area contributed by atoms with Crippen LogP contribution in [0.4, 0.5) is 4.79 Å². The predicted molar refractivity (Wildman–Crippen MR) is 92.7 cm³/mol. The highest BCUT2D eigenvalue weighted by Gasteiger charge is 2.36. The Morgan fingerprint density at radius 1 is 1.35 bits per heavy atom. The first kappa shape index (κ1) is 17.7. The molecule has 2 rings (SSSR count). The standard InChI is InChI=1S/C16H16BrNO4S/c1-3-10(2)22-14(19)9-18-15(20)13(23-16(18)21)8-11-4-6-12(17)7-5-11/h4-8,10H,3,9H2,1-2H3/b13-8+/t10-/m1/s1. The van der Waals surface area contributed by atoms with Crippen LogP contribution < -0.4 is 0 Å². The topological polar surface area (TPSA) is 63.7 Å². The zero-order valence-electron chi connectivity index (χ0n) is 12.7. The zero-order chi connectivity index (χ0) is 17.0. The highest BCUT2D eigenvalue weighted by molar-refractivity contribution is 9.10. The fourth-order valence-electron chi connectivity index (χ4n) is 1.82. The Labute approximate surface area is 147 Å². The van der Waals surface area contributed by atoms with Gasteiger partial charge in [-0.1, -0.05) is 35.0 Å². The monoisotopic (exact) mass is 397 g/mol. The Morgan fingerprint density at radius 2 is 2.00 bits per heavy atom. The Kier molecular flexibility index (Phi) is 6.01. The number of ether oxygens (including phenoxy) is 1. The molecular weight excluding hydrogens is 382 g/mol. The third kappa shape index (κ3) is 4.68. The average molecular weight is 398 g/mol. The molecule has 7 heteroatoms. The van der Waals surface area contributed by atoms with Crippen LogP contribution in [0.3, 0.4) is 0 Å². The van der Waals surface area contributed by atoms with Gasteiger partial charge in [0.2, 0.25) is 0 Å². The van der Waals surface area contributed by atoms with Gasteiger partial charge < -0.3 is 4.74 Å². The highest BCUT2D eigenvalue weighted by atomic mass is 79.9. The molecule has 0 unspecified atom stereocenters. The van der Waals surface area contributed by atoms with Crippen molar-refractivity contribution in [1.29, 1.82) is 0 Å². The Balaban J connectivity index is 2.07. The molecule has 2 amide bonds. The second kappa shape index (κ2) is 7.79. The van der Waals surface area contributed by atoms with Crippen molar-refractivity contribution in [3.63, 3.8) is 0 Å². The lowest BCUT2D eigenvalue weighted by molar-refractivity contribution is -0.150. The minimum atomic E-state index is -0.577. The summed E-state index contributed by atoms with van der Waals surface area (Å²) >= 11 is 4.16. The summed E-state index contributed by atoms with van der Waals surface area (Å²) in [6, 6.07) is 7.35. The van der Waals surface area contributed by atoms with Gasteiger partial charge in [-0.3, -0.25) is 19.3 Å².